The van der Waals surface area contributed by atoms with Crippen LogP contribution in [0.3, 0.4) is 0 Å². The Bertz CT molecular complexity index is 1290. The molecule has 3 aromatic rings. The third kappa shape index (κ3) is 6.21. The Hall–Kier alpha value is -3.80. The summed E-state index contributed by atoms with van der Waals surface area (Å²) >= 11 is 0. The Morgan fingerprint density at radius 2 is 1.43 bits per heavy atom. The maximum absolute atomic E-state index is 14.5. The first-order chi connectivity index (χ1) is 16.5. The third-order valence-corrected chi connectivity index (χ3v) is 4.74. The smallest absolute Gasteiger partial charge is 0.429 e. The van der Waals surface area contributed by atoms with Gasteiger partial charge in [0.1, 0.15) is 28.8 Å². The normalized spacial score (nSPS) is 11.5. The maximum Gasteiger partial charge on any atom is 0.432 e. The summed E-state index contributed by atoms with van der Waals surface area (Å²) < 4.78 is 116. The van der Waals surface area contributed by atoms with Crippen LogP contribution in [-0.4, -0.2) is 0 Å². The summed E-state index contributed by atoms with van der Waals surface area (Å²) in [5.74, 6) is -5.20. The minimum absolute atomic E-state index is 0.174. The molecule has 0 radical (unpaired) electrons. The quantitative estimate of drug-likeness (QED) is 0.148. The minimum Gasteiger partial charge on any atom is -0.429 e. The number of aryl methyl sites for hydroxylation is 1. The average molecular weight is 496 g/mol. The molecule has 0 atom stereocenters. The average Bonchev–Trinajstić information content (AvgIpc) is 2.76. The zero-order valence-corrected chi connectivity index (χ0v) is 18.0. The fourth-order valence-corrected chi connectivity index (χ4v) is 3.09. The third-order valence-electron chi connectivity index (χ3n) is 4.74. The van der Waals surface area contributed by atoms with Gasteiger partial charge in [-0.3, -0.25) is 0 Å². The van der Waals surface area contributed by atoms with E-state index in [9.17, 15) is 35.1 Å². The van der Waals surface area contributed by atoms with Gasteiger partial charge in [-0.1, -0.05) is 24.0 Å². The molecule has 182 valence electrons. The molecule has 0 saturated carbocycles. The van der Waals surface area contributed by atoms with Crippen LogP contribution < -0.4 is 4.74 Å². The first kappa shape index (κ1) is 25.8. The topological polar surface area (TPSA) is 9.23 Å². The standard InChI is InChI=1S/C26H16F8O/c1-2-3-4-5-15-10-20(28)24(21(29)11-15)26(33,34)35-18-9-8-17(19(27)14-18)7-6-16-12-22(30)25(32)23(31)13-16/h2-3,8-14H,4-5H2,1H3/b3-2+. The van der Waals surface area contributed by atoms with E-state index in [1.165, 1.54) is 0 Å². The molecule has 35 heavy (non-hydrogen) atoms. The molecule has 0 aliphatic carbocycles. The van der Waals surface area contributed by atoms with Crippen molar-refractivity contribution in [2.24, 2.45) is 0 Å². The van der Waals surface area contributed by atoms with Crippen molar-refractivity contribution < 1.29 is 39.9 Å². The van der Waals surface area contributed by atoms with Gasteiger partial charge in [-0.15, -0.1) is 0 Å². The summed E-state index contributed by atoms with van der Waals surface area (Å²) in [6, 6.07) is 5.03. The van der Waals surface area contributed by atoms with E-state index in [-0.39, 0.29) is 23.1 Å². The molecule has 0 saturated heterocycles. The molecule has 0 bridgehead atoms. The summed E-state index contributed by atoms with van der Waals surface area (Å²) in [6.07, 6.45) is -0.294. The molecule has 9 heteroatoms. The molecule has 3 rings (SSSR count). The lowest BCUT2D eigenvalue weighted by Gasteiger charge is -2.20. The van der Waals surface area contributed by atoms with Crippen LogP contribution >= 0.6 is 0 Å². The second kappa shape index (κ2) is 10.6. The second-order valence-corrected chi connectivity index (χ2v) is 7.31. The van der Waals surface area contributed by atoms with Crippen molar-refractivity contribution in [1.82, 2.24) is 0 Å². The Kier molecular flexibility index (Phi) is 7.85. The van der Waals surface area contributed by atoms with Crippen LogP contribution in [0.15, 0.2) is 54.6 Å². The number of halogens is 8. The zero-order chi connectivity index (χ0) is 25.8. The van der Waals surface area contributed by atoms with Gasteiger partial charge in [-0.05, 0) is 61.7 Å². The molecule has 0 heterocycles. The summed E-state index contributed by atoms with van der Waals surface area (Å²) in [7, 11) is 0. The van der Waals surface area contributed by atoms with Gasteiger partial charge in [0, 0.05) is 11.6 Å². The molecule has 0 N–H and O–H groups in total. The molecule has 0 fully saturated rings. The van der Waals surface area contributed by atoms with Crippen molar-refractivity contribution in [3.05, 3.63) is 112 Å². The number of ether oxygens (including phenoxy) is 1. The van der Waals surface area contributed by atoms with Gasteiger partial charge < -0.3 is 4.74 Å². The van der Waals surface area contributed by atoms with E-state index in [2.05, 4.69) is 16.6 Å². The molecule has 0 spiro atoms. The highest BCUT2D eigenvalue weighted by Crippen LogP contribution is 2.36. The summed E-state index contributed by atoms with van der Waals surface area (Å²) in [6.45, 7) is 1.76. The predicted octanol–water partition coefficient (Wildman–Crippen LogP) is 7.56. The highest BCUT2D eigenvalue weighted by molar-refractivity contribution is 5.45. The van der Waals surface area contributed by atoms with Crippen LogP contribution in [-0.2, 0) is 12.5 Å². The maximum atomic E-state index is 14.5. The van der Waals surface area contributed by atoms with Gasteiger partial charge in [0.05, 0.1) is 5.56 Å². The lowest BCUT2D eigenvalue weighted by Crippen LogP contribution is -2.25. The Morgan fingerprint density at radius 1 is 0.800 bits per heavy atom. The predicted molar refractivity (Wildman–Crippen MR) is 113 cm³/mol. The zero-order valence-electron chi connectivity index (χ0n) is 18.0. The molecule has 3 aromatic carbocycles. The van der Waals surface area contributed by atoms with E-state index >= 15 is 0 Å². The van der Waals surface area contributed by atoms with Crippen molar-refractivity contribution in [3.63, 3.8) is 0 Å². The van der Waals surface area contributed by atoms with Crippen molar-refractivity contribution in [2.75, 3.05) is 0 Å². The fourth-order valence-electron chi connectivity index (χ4n) is 3.09. The monoisotopic (exact) mass is 496 g/mol. The number of hydrogen-bond donors (Lipinski definition) is 0. The van der Waals surface area contributed by atoms with Gasteiger partial charge in [-0.2, -0.15) is 8.78 Å². The van der Waals surface area contributed by atoms with Crippen molar-refractivity contribution in [1.29, 1.82) is 0 Å². The van der Waals surface area contributed by atoms with Crippen LogP contribution in [0.25, 0.3) is 0 Å². The van der Waals surface area contributed by atoms with E-state index in [1.807, 2.05) is 0 Å². The largest absolute Gasteiger partial charge is 0.432 e. The lowest BCUT2D eigenvalue weighted by molar-refractivity contribution is -0.189. The molecule has 0 aromatic heterocycles. The Morgan fingerprint density at radius 3 is 2.00 bits per heavy atom. The first-order valence-electron chi connectivity index (χ1n) is 10.1. The number of hydrogen-bond acceptors (Lipinski definition) is 1. The van der Waals surface area contributed by atoms with E-state index in [0.717, 1.165) is 24.3 Å². The number of rotatable bonds is 6. The van der Waals surface area contributed by atoms with Crippen LogP contribution in [0, 0.1) is 46.7 Å². The fraction of sp³-hybridized carbons (Fsp3) is 0.154. The van der Waals surface area contributed by atoms with Crippen LogP contribution in [0.1, 0.15) is 35.6 Å². The summed E-state index contributed by atoms with van der Waals surface area (Å²) in [4.78, 5) is 0. The molecule has 1 nitrogen and oxygen atoms in total. The van der Waals surface area contributed by atoms with E-state index in [1.54, 1.807) is 19.1 Å². The molecule has 0 amide bonds. The van der Waals surface area contributed by atoms with Crippen LogP contribution in [0.5, 0.6) is 5.75 Å². The first-order valence-corrected chi connectivity index (χ1v) is 10.1. The van der Waals surface area contributed by atoms with Crippen molar-refractivity contribution in [3.8, 4) is 17.6 Å². The highest BCUT2D eigenvalue weighted by atomic mass is 19.3. The summed E-state index contributed by atoms with van der Waals surface area (Å²) in [5.41, 5.74) is -2.12. The highest BCUT2D eigenvalue weighted by Gasteiger charge is 2.41. The second-order valence-electron chi connectivity index (χ2n) is 7.31. The van der Waals surface area contributed by atoms with Gasteiger partial charge in [0.2, 0.25) is 0 Å². The summed E-state index contributed by atoms with van der Waals surface area (Å²) in [5, 5.41) is 0. The van der Waals surface area contributed by atoms with Crippen molar-refractivity contribution in [2.45, 2.75) is 25.9 Å². The number of alkyl halides is 2. The van der Waals surface area contributed by atoms with E-state index in [0.29, 0.717) is 24.6 Å². The molecular weight excluding hydrogens is 480 g/mol. The van der Waals surface area contributed by atoms with Gasteiger partial charge in [-0.25, -0.2) is 26.3 Å². The lowest BCUT2D eigenvalue weighted by atomic mass is 10.0. The van der Waals surface area contributed by atoms with Gasteiger partial charge in [0.25, 0.3) is 0 Å². The van der Waals surface area contributed by atoms with Crippen LogP contribution in [0.2, 0.25) is 0 Å². The van der Waals surface area contributed by atoms with E-state index in [4.69, 9.17) is 0 Å². The van der Waals surface area contributed by atoms with E-state index < -0.39 is 52.3 Å². The Balaban J connectivity index is 1.82. The van der Waals surface area contributed by atoms with Crippen LogP contribution in [0.4, 0.5) is 35.1 Å². The molecule has 0 aliphatic heterocycles. The SMILES string of the molecule is C/C=C/CCc1cc(F)c(C(F)(F)Oc2ccc(C#Cc3cc(F)c(F)c(F)c3)c(F)c2)c(F)c1. The molecule has 0 aliphatic rings. The van der Waals surface area contributed by atoms with Crippen molar-refractivity contribution >= 4 is 0 Å². The number of benzene rings is 3. The Labute approximate surface area is 195 Å². The molecule has 0 unspecified atom stereocenters. The van der Waals surface area contributed by atoms with Gasteiger partial charge in [0.15, 0.2) is 17.5 Å². The molecular formula is C26H16F8O. The van der Waals surface area contributed by atoms with Gasteiger partial charge >= 0.3 is 6.11 Å². The number of allylic oxidation sites excluding steroid dienone is 2. The minimum atomic E-state index is -4.47.